The third-order valence-corrected chi connectivity index (χ3v) is 10.1. The van der Waals surface area contributed by atoms with E-state index in [0.717, 1.165) is 10.6 Å². The molecule has 22 heavy (non-hydrogen) atoms. The molecule has 6 heteroatoms. The molecule has 0 saturated carbocycles. The van der Waals surface area contributed by atoms with Crippen LogP contribution < -0.4 is 10.6 Å². The molecule has 0 aromatic heterocycles. The van der Waals surface area contributed by atoms with Crippen LogP contribution in [0.2, 0.25) is 0 Å². The van der Waals surface area contributed by atoms with Crippen molar-refractivity contribution < 1.29 is 0 Å². The molecule has 3 nitrogen and oxygen atoms in total. The van der Waals surface area contributed by atoms with Gasteiger partial charge in [-0.3, -0.25) is 0 Å². The molecule has 0 unspecified atom stereocenters. The van der Waals surface area contributed by atoms with Gasteiger partial charge in [0.15, 0.2) is 6.19 Å². The van der Waals surface area contributed by atoms with E-state index in [1.165, 1.54) is 0 Å². The van der Waals surface area contributed by atoms with Crippen molar-refractivity contribution >= 4 is 36.6 Å². The Morgan fingerprint density at radius 1 is 0.773 bits per heavy atom. The summed E-state index contributed by atoms with van der Waals surface area (Å²) < 4.78 is 9.50. The largest absolute Gasteiger partial charge is 0.402 e. The zero-order chi connectivity index (χ0) is 16.2. The lowest BCUT2D eigenvalue weighted by Crippen LogP contribution is -2.16. The second kappa shape index (κ2) is 7.59. The van der Waals surface area contributed by atoms with Gasteiger partial charge in [-0.15, -0.1) is 9.34 Å². The third-order valence-electron chi connectivity index (χ3n) is 3.13. The second-order valence-electron chi connectivity index (χ2n) is 5.30. The molecule has 0 spiro atoms. The van der Waals surface area contributed by atoms with Gasteiger partial charge in [-0.25, -0.2) is 0 Å². The number of benzene rings is 2. The van der Waals surface area contributed by atoms with Crippen LogP contribution in [0.5, 0.6) is 0 Å². The summed E-state index contributed by atoms with van der Waals surface area (Å²) in [7, 11) is 7.46. The topological polar surface area (TPSA) is 18.8 Å². The summed E-state index contributed by atoms with van der Waals surface area (Å²) >= 11 is 6.16. The predicted octanol–water partition coefficient (Wildman–Crippen LogP) is 3.65. The maximum atomic E-state index is 6.16. The molecular formula is C16H22N3P2S+. The molecule has 0 saturated heterocycles. The van der Waals surface area contributed by atoms with Crippen LogP contribution >= 0.6 is 14.2 Å². The van der Waals surface area contributed by atoms with Gasteiger partial charge >= 0.3 is 8.01 Å². The highest BCUT2D eigenvalue weighted by molar-refractivity contribution is 8.22. The Labute approximate surface area is 139 Å². The lowest BCUT2D eigenvalue weighted by molar-refractivity contribution is 0.586. The normalized spacial score (nSPS) is 11.7. The van der Waals surface area contributed by atoms with Crippen LogP contribution in [0.15, 0.2) is 65.2 Å². The number of hydrogen-bond acceptors (Lipinski definition) is 1. The summed E-state index contributed by atoms with van der Waals surface area (Å²) in [5, 5.41) is 2.29. The highest BCUT2D eigenvalue weighted by atomic mass is 32.4. The van der Waals surface area contributed by atoms with Gasteiger partial charge in [0.05, 0.1) is 0 Å². The fraction of sp³-hybridized carbons (Fsp3) is 0.250. The standard InChI is InChI=1S/C16H22N3P2S/c1-18(2)20(19(3)4)17-21(22,15-11-7-5-8-12-15)16-13-9-6-10-14-16/h5-14H,1-4H3/q+1. The minimum atomic E-state index is -2.18. The van der Waals surface area contributed by atoms with Gasteiger partial charge in [-0.2, -0.15) is 0 Å². The summed E-state index contributed by atoms with van der Waals surface area (Å²) in [6.07, 6.45) is -2.18. The Morgan fingerprint density at radius 3 is 1.45 bits per heavy atom. The first-order valence-corrected chi connectivity index (χ1v) is 11.0. The quantitative estimate of drug-likeness (QED) is 0.767. The molecule has 0 N–H and O–H groups in total. The van der Waals surface area contributed by atoms with Crippen LogP contribution in [0, 0.1) is 0 Å². The van der Waals surface area contributed by atoms with Gasteiger partial charge in [-0.1, -0.05) is 72.5 Å². The fourth-order valence-electron chi connectivity index (χ4n) is 2.14. The monoisotopic (exact) mass is 350 g/mol. The van der Waals surface area contributed by atoms with Crippen LogP contribution in [0.3, 0.4) is 0 Å². The minimum absolute atomic E-state index is 0.777. The van der Waals surface area contributed by atoms with E-state index in [-0.39, 0.29) is 0 Å². The van der Waals surface area contributed by atoms with Crippen molar-refractivity contribution in [3.63, 3.8) is 0 Å². The zero-order valence-corrected chi connectivity index (χ0v) is 16.0. The predicted molar refractivity (Wildman–Crippen MR) is 103 cm³/mol. The average Bonchev–Trinajstić information content (AvgIpc) is 2.53. The summed E-state index contributed by atoms with van der Waals surface area (Å²) in [5.74, 6) is 0. The third kappa shape index (κ3) is 3.90. The van der Waals surface area contributed by atoms with E-state index in [1.54, 1.807) is 0 Å². The van der Waals surface area contributed by atoms with Gasteiger partial charge in [-0.05, 0) is 4.52 Å². The molecule has 0 atom stereocenters. The fourth-order valence-corrected chi connectivity index (χ4v) is 8.63. The molecule has 2 aromatic carbocycles. The van der Waals surface area contributed by atoms with Gasteiger partial charge in [0, 0.05) is 38.8 Å². The number of rotatable bonds is 5. The lowest BCUT2D eigenvalue weighted by Gasteiger charge is -2.17. The van der Waals surface area contributed by atoms with E-state index in [0.29, 0.717) is 0 Å². The van der Waals surface area contributed by atoms with E-state index in [2.05, 4.69) is 61.8 Å². The van der Waals surface area contributed by atoms with Gasteiger partial charge in [0.25, 0.3) is 0 Å². The summed E-state index contributed by atoms with van der Waals surface area (Å²) in [6.45, 7) is 0. The first-order valence-electron chi connectivity index (χ1n) is 7.04. The average molecular weight is 350 g/mol. The molecule has 0 aliphatic carbocycles. The molecule has 0 fully saturated rings. The van der Waals surface area contributed by atoms with Crippen molar-refractivity contribution in [2.45, 2.75) is 0 Å². The Morgan fingerprint density at radius 2 is 1.14 bits per heavy atom. The number of hydrogen-bond donors (Lipinski definition) is 0. The van der Waals surface area contributed by atoms with E-state index in [1.807, 2.05) is 36.4 Å². The molecular weight excluding hydrogens is 328 g/mol. The van der Waals surface area contributed by atoms with E-state index in [4.69, 9.17) is 16.3 Å². The second-order valence-corrected chi connectivity index (χ2v) is 11.9. The Bertz CT molecular complexity index is 632. The Kier molecular flexibility index (Phi) is 6.02. The van der Waals surface area contributed by atoms with Crippen molar-refractivity contribution in [1.29, 1.82) is 0 Å². The highest BCUT2D eigenvalue weighted by Gasteiger charge is 2.31. The van der Waals surface area contributed by atoms with Gasteiger partial charge in [0.2, 0.25) is 0 Å². The molecule has 116 valence electrons. The Hall–Kier alpha value is -0.890. The van der Waals surface area contributed by atoms with Crippen molar-refractivity contribution in [3.05, 3.63) is 60.7 Å². The summed E-state index contributed by atoms with van der Waals surface area (Å²) in [5.41, 5.74) is 0. The molecule has 0 aliphatic heterocycles. The van der Waals surface area contributed by atoms with Crippen molar-refractivity contribution in [1.82, 2.24) is 9.34 Å². The summed E-state index contributed by atoms with van der Waals surface area (Å²) in [4.78, 5) is 0. The van der Waals surface area contributed by atoms with Crippen LogP contribution in [-0.4, -0.2) is 37.5 Å². The molecule has 0 radical (unpaired) electrons. The smallest absolute Gasteiger partial charge is 0.102 e. The first kappa shape index (κ1) is 17.5. The van der Waals surface area contributed by atoms with Crippen molar-refractivity contribution in [3.8, 4) is 0 Å². The first-order chi connectivity index (χ1) is 10.4. The number of nitrogens with zero attached hydrogens (tertiary/aromatic N) is 3. The molecule has 0 aliphatic rings. The lowest BCUT2D eigenvalue weighted by atomic mass is 10.4. The van der Waals surface area contributed by atoms with Crippen LogP contribution in [0.1, 0.15) is 0 Å². The van der Waals surface area contributed by atoms with E-state index in [9.17, 15) is 0 Å². The summed E-state index contributed by atoms with van der Waals surface area (Å²) in [6, 6.07) is 20.7. The molecule has 0 amide bonds. The highest BCUT2D eigenvalue weighted by Crippen LogP contribution is 2.52. The molecule has 0 heterocycles. The SMILES string of the molecule is CN(C)[P+](=NP(=S)(c1ccccc1)c1ccccc1)N(C)C. The van der Waals surface area contributed by atoms with Crippen LogP contribution in [0.25, 0.3) is 0 Å². The Balaban J connectivity index is 2.67. The molecule has 0 bridgehead atoms. The van der Waals surface area contributed by atoms with Crippen molar-refractivity contribution in [2.24, 2.45) is 4.52 Å². The maximum absolute atomic E-state index is 6.16. The zero-order valence-electron chi connectivity index (χ0n) is 13.4. The van der Waals surface area contributed by atoms with Gasteiger partial charge in [0.1, 0.15) is 0 Å². The van der Waals surface area contributed by atoms with E-state index >= 15 is 0 Å². The van der Waals surface area contributed by atoms with Crippen LogP contribution in [0.4, 0.5) is 0 Å². The van der Waals surface area contributed by atoms with Crippen LogP contribution in [-0.2, 0) is 11.8 Å². The minimum Gasteiger partial charge on any atom is -0.102 e. The molecule has 2 aromatic rings. The maximum Gasteiger partial charge on any atom is 0.402 e. The van der Waals surface area contributed by atoms with Crippen molar-refractivity contribution in [2.75, 3.05) is 28.2 Å². The van der Waals surface area contributed by atoms with Gasteiger partial charge < -0.3 is 0 Å². The molecule has 2 rings (SSSR count). The van der Waals surface area contributed by atoms with E-state index < -0.39 is 14.2 Å².